The Hall–Kier alpha value is -0.720. The number of thioether (sulfide) groups is 1. The van der Waals surface area contributed by atoms with Crippen molar-refractivity contribution in [3.8, 4) is 0 Å². The van der Waals surface area contributed by atoms with E-state index in [-0.39, 0.29) is 6.03 Å². The molecule has 1 aliphatic rings. The fourth-order valence-electron chi connectivity index (χ4n) is 2.20. The van der Waals surface area contributed by atoms with Crippen LogP contribution < -0.4 is 5.32 Å². The van der Waals surface area contributed by atoms with Crippen LogP contribution in [0.15, 0.2) is 17.5 Å². The van der Waals surface area contributed by atoms with Gasteiger partial charge in [-0.25, -0.2) is 4.79 Å². The Bertz CT molecular complexity index is 395. The van der Waals surface area contributed by atoms with Gasteiger partial charge in [0.05, 0.1) is 11.0 Å². The van der Waals surface area contributed by atoms with Crippen molar-refractivity contribution in [1.29, 1.82) is 0 Å². The van der Waals surface area contributed by atoms with Crippen molar-refractivity contribution < 1.29 is 4.79 Å². The van der Waals surface area contributed by atoms with Crippen LogP contribution in [0.1, 0.15) is 6.42 Å². The quantitative estimate of drug-likeness (QED) is 0.932. The molecule has 2 heterocycles. The number of hydrogen-bond donors (Lipinski definition) is 1. The maximum atomic E-state index is 12.4. The second-order valence-electron chi connectivity index (χ2n) is 4.95. The first-order valence-corrected chi connectivity index (χ1v) is 8.54. The maximum Gasteiger partial charge on any atom is 0.322 e. The minimum absolute atomic E-state index is 0.0387. The number of carbonyl (C=O) groups is 1. The summed E-state index contributed by atoms with van der Waals surface area (Å²) in [5.74, 6) is 2.17. The van der Waals surface area contributed by atoms with Crippen LogP contribution in [0.25, 0.3) is 0 Å². The minimum atomic E-state index is 0.0387. The van der Waals surface area contributed by atoms with E-state index in [1.165, 1.54) is 0 Å². The number of carbonyl (C=O) groups excluding carboxylic acids is 1. The average Bonchev–Trinajstić information content (AvgIpc) is 2.74. The van der Waals surface area contributed by atoms with E-state index in [0.29, 0.717) is 6.04 Å². The molecule has 2 amide bonds. The molecule has 106 valence electrons. The molecule has 1 fully saturated rings. The zero-order chi connectivity index (χ0) is 13.7. The molecule has 1 saturated heterocycles. The Labute approximate surface area is 123 Å². The number of thiophene rings is 1. The Morgan fingerprint density at radius 1 is 1.58 bits per heavy atom. The molecular formula is C13H21N3OS2. The van der Waals surface area contributed by atoms with Gasteiger partial charge < -0.3 is 9.80 Å². The lowest BCUT2D eigenvalue weighted by molar-refractivity contribution is 0.180. The molecule has 19 heavy (non-hydrogen) atoms. The highest BCUT2D eigenvalue weighted by atomic mass is 32.2. The summed E-state index contributed by atoms with van der Waals surface area (Å²) in [6, 6.07) is 4.23. The average molecular weight is 299 g/mol. The standard InChI is InChI=1S/C13H21N3OS2/c1-15(2)9-11-10-18-7-4-6-16(11)13(17)14-12-5-3-8-19-12/h3,5,8,11H,4,6-7,9-10H2,1-2H3,(H,14,17). The molecule has 1 aromatic rings. The fraction of sp³-hybridized carbons (Fsp3) is 0.615. The third-order valence-corrected chi connectivity index (χ3v) is 5.01. The molecule has 0 spiro atoms. The number of nitrogens with zero attached hydrogens (tertiary/aromatic N) is 2. The summed E-state index contributed by atoms with van der Waals surface area (Å²) in [7, 11) is 4.12. The van der Waals surface area contributed by atoms with Gasteiger partial charge in [-0.05, 0) is 43.8 Å². The molecule has 1 atom stereocenters. The number of anilines is 1. The van der Waals surface area contributed by atoms with Crippen LogP contribution >= 0.6 is 23.1 Å². The van der Waals surface area contributed by atoms with Gasteiger partial charge in [-0.3, -0.25) is 5.32 Å². The van der Waals surface area contributed by atoms with E-state index in [1.807, 2.05) is 34.2 Å². The molecular weight excluding hydrogens is 278 g/mol. The number of likely N-dealkylation sites (N-methyl/N-ethyl adjacent to an activating group) is 1. The summed E-state index contributed by atoms with van der Waals surface area (Å²) in [4.78, 5) is 16.6. The van der Waals surface area contributed by atoms with E-state index in [0.717, 1.165) is 36.0 Å². The second kappa shape index (κ2) is 7.17. The zero-order valence-corrected chi connectivity index (χ0v) is 13.1. The molecule has 1 aromatic heterocycles. The number of amides is 2. The summed E-state index contributed by atoms with van der Waals surface area (Å²) in [6.07, 6.45) is 1.08. The largest absolute Gasteiger partial charge is 0.322 e. The van der Waals surface area contributed by atoms with Gasteiger partial charge in [0.2, 0.25) is 0 Å². The summed E-state index contributed by atoms with van der Waals surface area (Å²) >= 11 is 3.51. The van der Waals surface area contributed by atoms with Gasteiger partial charge in [-0.1, -0.05) is 0 Å². The van der Waals surface area contributed by atoms with E-state index < -0.39 is 0 Å². The fourth-order valence-corrected chi connectivity index (χ4v) is 3.86. The van der Waals surface area contributed by atoms with E-state index in [4.69, 9.17) is 0 Å². The smallest absolute Gasteiger partial charge is 0.319 e. The Kier molecular flexibility index (Phi) is 5.54. The lowest BCUT2D eigenvalue weighted by atomic mass is 10.2. The molecule has 1 unspecified atom stereocenters. The van der Waals surface area contributed by atoms with Gasteiger partial charge in [-0.2, -0.15) is 11.8 Å². The molecule has 1 N–H and O–H groups in total. The predicted octanol–water partition coefficient (Wildman–Crippen LogP) is 2.65. The normalized spacial score (nSPS) is 20.4. The molecule has 1 aliphatic heterocycles. The minimum Gasteiger partial charge on any atom is -0.319 e. The van der Waals surface area contributed by atoms with Crippen LogP contribution in [0.5, 0.6) is 0 Å². The van der Waals surface area contributed by atoms with E-state index in [2.05, 4.69) is 24.3 Å². The van der Waals surface area contributed by atoms with Gasteiger partial charge in [0.15, 0.2) is 0 Å². The van der Waals surface area contributed by atoms with E-state index in [1.54, 1.807) is 11.3 Å². The molecule has 0 aliphatic carbocycles. The third kappa shape index (κ3) is 4.40. The van der Waals surface area contributed by atoms with E-state index >= 15 is 0 Å². The highest BCUT2D eigenvalue weighted by Crippen LogP contribution is 2.20. The lowest BCUT2D eigenvalue weighted by Gasteiger charge is -2.31. The van der Waals surface area contributed by atoms with E-state index in [9.17, 15) is 4.79 Å². The molecule has 6 heteroatoms. The van der Waals surface area contributed by atoms with Crippen LogP contribution in [0.2, 0.25) is 0 Å². The number of rotatable bonds is 3. The number of urea groups is 1. The van der Waals surface area contributed by atoms with Crippen molar-refractivity contribution in [2.24, 2.45) is 0 Å². The first-order valence-electron chi connectivity index (χ1n) is 6.50. The van der Waals surface area contributed by atoms with Crippen molar-refractivity contribution in [1.82, 2.24) is 9.80 Å². The summed E-state index contributed by atoms with van der Waals surface area (Å²) in [5.41, 5.74) is 0. The molecule has 0 radical (unpaired) electrons. The Balaban J connectivity index is 2.01. The molecule has 0 aromatic carbocycles. The molecule has 2 rings (SSSR count). The van der Waals surface area contributed by atoms with Crippen LogP contribution in [-0.4, -0.2) is 60.6 Å². The third-order valence-electron chi connectivity index (χ3n) is 3.03. The molecule has 0 bridgehead atoms. The monoisotopic (exact) mass is 299 g/mol. The van der Waals surface area contributed by atoms with Gasteiger partial charge in [0.25, 0.3) is 0 Å². The number of hydrogen-bond acceptors (Lipinski definition) is 4. The zero-order valence-electron chi connectivity index (χ0n) is 11.5. The van der Waals surface area contributed by atoms with Crippen LogP contribution in [0.3, 0.4) is 0 Å². The number of nitrogens with one attached hydrogen (secondary N) is 1. The molecule has 4 nitrogen and oxygen atoms in total. The maximum absolute atomic E-state index is 12.4. The van der Waals surface area contributed by atoms with Crippen molar-refractivity contribution in [2.45, 2.75) is 12.5 Å². The van der Waals surface area contributed by atoms with Gasteiger partial charge in [0, 0.05) is 18.8 Å². The van der Waals surface area contributed by atoms with Crippen LogP contribution in [-0.2, 0) is 0 Å². The van der Waals surface area contributed by atoms with Crippen molar-refractivity contribution >= 4 is 34.1 Å². The second-order valence-corrected chi connectivity index (χ2v) is 7.04. The van der Waals surface area contributed by atoms with Crippen LogP contribution in [0, 0.1) is 0 Å². The lowest BCUT2D eigenvalue weighted by Crippen LogP contribution is -2.48. The first-order chi connectivity index (χ1) is 9.16. The Morgan fingerprint density at radius 3 is 3.11 bits per heavy atom. The summed E-state index contributed by atoms with van der Waals surface area (Å²) < 4.78 is 0. The topological polar surface area (TPSA) is 35.6 Å². The van der Waals surface area contributed by atoms with Gasteiger partial charge in [0.1, 0.15) is 0 Å². The van der Waals surface area contributed by atoms with Crippen molar-refractivity contribution in [3.05, 3.63) is 17.5 Å². The van der Waals surface area contributed by atoms with Crippen molar-refractivity contribution in [3.63, 3.8) is 0 Å². The highest BCUT2D eigenvalue weighted by Gasteiger charge is 2.26. The molecule has 0 saturated carbocycles. The van der Waals surface area contributed by atoms with Crippen molar-refractivity contribution in [2.75, 3.05) is 44.0 Å². The highest BCUT2D eigenvalue weighted by molar-refractivity contribution is 7.99. The van der Waals surface area contributed by atoms with Gasteiger partial charge >= 0.3 is 6.03 Å². The van der Waals surface area contributed by atoms with Crippen LogP contribution in [0.4, 0.5) is 9.80 Å². The Morgan fingerprint density at radius 2 is 2.42 bits per heavy atom. The predicted molar refractivity (Wildman–Crippen MR) is 84.3 cm³/mol. The SMILES string of the molecule is CN(C)CC1CSCCCN1C(=O)Nc1cccs1. The first kappa shape index (κ1) is 14.7. The summed E-state index contributed by atoms with van der Waals surface area (Å²) in [5, 5.41) is 5.90. The van der Waals surface area contributed by atoms with Gasteiger partial charge in [-0.15, -0.1) is 11.3 Å². The summed E-state index contributed by atoms with van der Waals surface area (Å²) in [6.45, 7) is 1.77.